The summed E-state index contributed by atoms with van der Waals surface area (Å²) in [6.45, 7) is 10.9. The van der Waals surface area contributed by atoms with E-state index in [9.17, 15) is 9.18 Å². The van der Waals surface area contributed by atoms with Crippen molar-refractivity contribution in [1.82, 2.24) is 14.8 Å². The van der Waals surface area contributed by atoms with Crippen molar-refractivity contribution in [3.8, 4) is 28.9 Å². The number of hydrogen-bond acceptors (Lipinski definition) is 7. The van der Waals surface area contributed by atoms with E-state index in [1.807, 2.05) is 67.3 Å². The number of rotatable bonds is 14. The number of benzene rings is 4. The first-order chi connectivity index (χ1) is 25.7. The quantitative estimate of drug-likeness (QED) is 0.105. The van der Waals surface area contributed by atoms with Gasteiger partial charge in [0.05, 0.1) is 19.9 Å². The third-order valence-electron chi connectivity index (χ3n) is 9.33. The molecule has 282 valence electrons. The van der Waals surface area contributed by atoms with Gasteiger partial charge in [-0.05, 0) is 120 Å². The van der Waals surface area contributed by atoms with Crippen LogP contribution in [0.5, 0.6) is 28.9 Å². The first-order valence-electron chi connectivity index (χ1n) is 17.9. The van der Waals surface area contributed by atoms with Gasteiger partial charge < -0.3 is 23.8 Å². The third-order valence-corrected chi connectivity index (χ3v) is 9.33. The van der Waals surface area contributed by atoms with Gasteiger partial charge in [0, 0.05) is 51.3 Å². The zero-order valence-electron chi connectivity index (χ0n) is 31.2. The number of nitrogens with zero attached hydrogens (tertiary/aromatic N) is 3. The number of aromatic nitrogens is 1. The Kier molecular flexibility index (Phi) is 14.1. The largest absolute Gasteiger partial charge is 0.497 e. The van der Waals surface area contributed by atoms with Gasteiger partial charge in [-0.3, -0.25) is 9.69 Å². The number of carbonyl (C=O) groups is 1. The van der Waals surface area contributed by atoms with Crippen LogP contribution in [0, 0.1) is 26.6 Å². The fourth-order valence-electron chi connectivity index (χ4n) is 6.35. The van der Waals surface area contributed by atoms with Crippen molar-refractivity contribution in [2.45, 2.75) is 40.3 Å². The zero-order valence-corrected chi connectivity index (χ0v) is 32.0. The molecule has 0 radical (unpaired) electrons. The van der Waals surface area contributed by atoms with E-state index >= 15 is 0 Å². The molecule has 2 heterocycles. The number of halogens is 2. The number of ether oxygens (including phenoxy) is 4. The van der Waals surface area contributed by atoms with Crippen LogP contribution in [0.15, 0.2) is 103 Å². The second-order valence-corrected chi connectivity index (χ2v) is 13.3. The van der Waals surface area contributed by atoms with Crippen molar-refractivity contribution < 1.29 is 28.1 Å². The van der Waals surface area contributed by atoms with Gasteiger partial charge in [0.2, 0.25) is 11.8 Å². The van der Waals surface area contributed by atoms with Crippen LogP contribution in [-0.4, -0.2) is 60.6 Å². The van der Waals surface area contributed by atoms with Crippen molar-refractivity contribution in [2.75, 3.05) is 39.9 Å². The maximum Gasteiger partial charge on any atom is 0.246 e. The molecule has 0 saturated carbocycles. The summed E-state index contributed by atoms with van der Waals surface area (Å²) >= 11 is 0. The Labute approximate surface area is 323 Å². The van der Waals surface area contributed by atoms with Gasteiger partial charge in [0.1, 0.15) is 35.4 Å². The van der Waals surface area contributed by atoms with Gasteiger partial charge >= 0.3 is 0 Å². The molecule has 0 spiro atoms. The monoisotopic (exact) mass is 751 g/mol. The highest BCUT2D eigenvalue weighted by molar-refractivity contribution is 5.92. The molecule has 1 fully saturated rings. The Morgan fingerprint density at radius 3 is 2.09 bits per heavy atom. The van der Waals surface area contributed by atoms with Gasteiger partial charge in [-0.2, -0.15) is 0 Å². The van der Waals surface area contributed by atoms with Crippen LogP contribution in [0.3, 0.4) is 0 Å². The molecule has 0 N–H and O–H groups in total. The van der Waals surface area contributed by atoms with Crippen LogP contribution < -0.4 is 18.9 Å². The predicted octanol–water partition coefficient (Wildman–Crippen LogP) is 8.93. The van der Waals surface area contributed by atoms with E-state index in [0.717, 1.165) is 59.8 Å². The molecule has 1 saturated heterocycles. The minimum Gasteiger partial charge on any atom is -0.497 e. The molecule has 0 bridgehead atoms. The molecular formula is C44H47ClFN3O5. The molecule has 8 nitrogen and oxygen atoms in total. The number of carbonyl (C=O) groups excluding carboxylic acids is 1. The van der Waals surface area contributed by atoms with E-state index in [2.05, 4.69) is 35.0 Å². The molecule has 5 aromatic rings. The maximum absolute atomic E-state index is 13.1. The Hall–Kier alpha value is -5.38. The van der Waals surface area contributed by atoms with Crippen LogP contribution in [-0.2, 0) is 24.4 Å². The number of pyridine rings is 1. The average Bonchev–Trinajstić information content (AvgIpc) is 3.17. The fourth-order valence-corrected chi connectivity index (χ4v) is 6.35. The van der Waals surface area contributed by atoms with Crippen molar-refractivity contribution in [1.29, 1.82) is 0 Å². The number of piperazine rings is 1. The zero-order chi connectivity index (χ0) is 37.2. The van der Waals surface area contributed by atoms with Crippen LogP contribution >= 0.6 is 12.4 Å². The molecular weight excluding hydrogens is 705 g/mol. The van der Waals surface area contributed by atoms with Gasteiger partial charge in [-0.25, -0.2) is 9.37 Å². The first kappa shape index (κ1) is 39.8. The average molecular weight is 752 g/mol. The number of amides is 1. The molecule has 1 aromatic heterocycles. The fraction of sp³-hybridized carbons (Fsp3) is 0.273. The highest BCUT2D eigenvalue weighted by Gasteiger charge is 2.20. The molecule has 0 unspecified atom stereocenters. The normalized spacial score (nSPS) is 13.0. The summed E-state index contributed by atoms with van der Waals surface area (Å²) in [6.07, 6.45) is 5.98. The summed E-state index contributed by atoms with van der Waals surface area (Å²) in [4.78, 5) is 21.9. The predicted molar refractivity (Wildman–Crippen MR) is 212 cm³/mol. The Bertz CT molecular complexity index is 1990. The van der Waals surface area contributed by atoms with E-state index in [-0.39, 0.29) is 24.1 Å². The highest BCUT2D eigenvalue weighted by Crippen LogP contribution is 2.30. The minimum absolute atomic E-state index is 0. The van der Waals surface area contributed by atoms with Gasteiger partial charge in [0.15, 0.2) is 0 Å². The highest BCUT2D eigenvalue weighted by atomic mass is 35.5. The molecule has 4 aromatic carbocycles. The van der Waals surface area contributed by atoms with E-state index < -0.39 is 0 Å². The lowest BCUT2D eigenvalue weighted by molar-refractivity contribution is -0.127. The molecule has 0 atom stereocenters. The van der Waals surface area contributed by atoms with Crippen molar-refractivity contribution in [3.05, 3.63) is 148 Å². The van der Waals surface area contributed by atoms with Gasteiger partial charge in [0.25, 0.3) is 0 Å². The van der Waals surface area contributed by atoms with E-state index in [4.69, 9.17) is 18.9 Å². The second-order valence-electron chi connectivity index (χ2n) is 13.3. The number of hydrogen-bond donors (Lipinski definition) is 0. The Balaban J connectivity index is 0.00000561. The summed E-state index contributed by atoms with van der Waals surface area (Å²) < 4.78 is 36.1. The van der Waals surface area contributed by atoms with Crippen LogP contribution in [0.4, 0.5) is 4.39 Å². The Morgan fingerprint density at radius 2 is 1.44 bits per heavy atom. The standard InChI is InChI=1S/C44H46FN3O5.ClH/c1-31-25-36(5-9-37(31)19-24-51-40-14-10-38(45)11-15-40)29-47-20-22-48(23-21-47)43(49)18-8-35-26-32(2)44(33(3)27-35)53-42-17-16-41(28-46-42)52-30-34-6-12-39(50-4)13-7-34;/h5-18,25-28H,19-24,29-30H2,1-4H3;1H/b18-8+;. The third kappa shape index (κ3) is 11.1. The summed E-state index contributed by atoms with van der Waals surface area (Å²) in [5.74, 6) is 3.09. The lowest BCUT2D eigenvalue weighted by Crippen LogP contribution is -2.47. The van der Waals surface area contributed by atoms with E-state index in [1.165, 1.54) is 28.8 Å². The molecule has 1 aliphatic rings. The lowest BCUT2D eigenvalue weighted by Gasteiger charge is -2.34. The lowest BCUT2D eigenvalue weighted by atomic mass is 10.0. The van der Waals surface area contributed by atoms with Crippen LogP contribution in [0.25, 0.3) is 6.08 Å². The van der Waals surface area contributed by atoms with Crippen molar-refractivity contribution >= 4 is 24.4 Å². The molecule has 1 aliphatic heterocycles. The molecule has 54 heavy (non-hydrogen) atoms. The minimum atomic E-state index is -0.269. The number of methoxy groups -OCH3 is 1. The summed E-state index contributed by atoms with van der Waals surface area (Å²) in [5.41, 5.74) is 7.60. The molecule has 10 heteroatoms. The SMILES string of the molecule is COc1ccc(COc2ccc(Oc3c(C)cc(/C=C/C(=O)N4CCN(Cc5ccc(CCOc6ccc(F)cc6)c(C)c5)CC4)cc3C)nc2)cc1.Cl. The number of aryl methyl sites for hydroxylation is 3. The van der Waals surface area contributed by atoms with Gasteiger partial charge in [-0.15, -0.1) is 12.4 Å². The summed E-state index contributed by atoms with van der Waals surface area (Å²) in [5, 5.41) is 0. The molecule has 0 aliphatic carbocycles. The topological polar surface area (TPSA) is 73.4 Å². The Morgan fingerprint density at radius 1 is 0.778 bits per heavy atom. The van der Waals surface area contributed by atoms with Gasteiger partial charge in [-0.1, -0.05) is 30.3 Å². The molecule has 1 amide bonds. The van der Waals surface area contributed by atoms with Crippen LogP contribution in [0.1, 0.15) is 38.9 Å². The first-order valence-corrected chi connectivity index (χ1v) is 17.9. The summed E-state index contributed by atoms with van der Waals surface area (Å²) in [7, 11) is 1.64. The molecule has 6 rings (SSSR count). The second kappa shape index (κ2) is 19.1. The van der Waals surface area contributed by atoms with E-state index in [0.29, 0.717) is 43.7 Å². The van der Waals surface area contributed by atoms with Crippen molar-refractivity contribution in [2.24, 2.45) is 0 Å². The maximum atomic E-state index is 13.1. The smallest absolute Gasteiger partial charge is 0.246 e. The van der Waals surface area contributed by atoms with Crippen molar-refractivity contribution in [3.63, 3.8) is 0 Å². The van der Waals surface area contributed by atoms with Crippen LogP contribution in [0.2, 0.25) is 0 Å². The summed E-state index contributed by atoms with van der Waals surface area (Å²) in [6, 6.07) is 28.1. The van der Waals surface area contributed by atoms with E-state index in [1.54, 1.807) is 37.6 Å².